The fourth-order valence-electron chi connectivity index (χ4n) is 2.07. The normalized spacial score (nSPS) is 11.2. The van der Waals surface area contributed by atoms with Crippen LogP contribution in [0.15, 0.2) is 40.6 Å². The van der Waals surface area contributed by atoms with Crippen LogP contribution >= 0.6 is 11.3 Å². The van der Waals surface area contributed by atoms with Gasteiger partial charge in [0.1, 0.15) is 15.5 Å². The van der Waals surface area contributed by atoms with Crippen LogP contribution in [0.3, 0.4) is 0 Å². The van der Waals surface area contributed by atoms with Gasteiger partial charge in [-0.25, -0.2) is 13.2 Å². The molecular formula is C16H18N2O6S2. The van der Waals surface area contributed by atoms with E-state index in [2.05, 4.69) is 10.1 Å². The third-order valence-electron chi connectivity index (χ3n) is 3.43. The summed E-state index contributed by atoms with van der Waals surface area (Å²) < 4.78 is 35.8. The van der Waals surface area contributed by atoms with Crippen LogP contribution in [0, 0.1) is 0 Å². The number of esters is 1. The Bertz CT molecular complexity index is 890. The van der Waals surface area contributed by atoms with E-state index in [0.717, 1.165) is 15.6 Å². The van der Waals surface area contributed by atoms with Gasteiger partial charge in [-0.1, -0.05) is 0 Å². The molecule has 0 saturated carbocycles. The molecule has 10 heteroatoms. The van der Waals surface area contributed by atoms with Crippen molar-refractivity contribution in [1.82, 2.24) is 4.31 Å². The molecule has 2 aromatic rings. The predicted molar refractivity (Wildman–Crippen MR) is 97.1 cm³/mol. The van der Waals surface area contributed by atoms with Crippen molar-refractivity contribution in [2.75, 3.05) is 33.1 Å². The van der Waals surface area contributed by atoms with Crippen LogP contribution in [0.5, 0.6) is 5.75 Å². The van der Waals surface area contributed by atoms with E-state index >= 15 is 0 Å². The first kappa shape index (κ1) is 19.9. The van der Waals surface area contributed by atoms with E-state index in [4.69, 9.17) is 4.74 Å². The largest absolute Gasteiger partial charge is 0.497 e. The van der Waals surface area contributed by atoms with Gasteiger partial charge in [-0.3, -0.25) is 4.79 Å². The average molecular weight is 398 g/mol. The van der Waals surface area contributed by atoms with Crippen LogP contribution in [-0.2, 0) is 19.6 Å². The Hall–Kier alpha value is -2.43. The Morgan fingerprint density at radius 2 is 1.81 bits per heavy atom. The molecule has 1 aromatic heterocycles. The Labute approximate surface area is 155 Å². The fraction of sp³-hybridized carbons (Fsp3) is 0.250. The third kappa shape index (κ3) is 4.40. The molecule has 0 radical (unpaired) electrons. The van der Waals surface area contributed by atoms with Gasteiger partial charge < -0.3 is 14.8 Å². The number of thiophene rings is 1. The fourth-order valence-corrected chi connectivity index (χ4v) is 4.50. The molecule has 8 nitrogen and oxygen atoms in total. The Morgan fingerprint density at radius 1 is 1.15 bits per heavy atom. The van der Waals surface area contributed by atoms with Crippen LogP contribution in [-0.4, -0.2) is 52.4 Å². The highest BCUT2D eigenvalue weighted by Crippen LogP contribution is 2.25. The number of sulfonamides is 1. The van der Waals surface area contributed by atoms with Crippen LogP contribution in [0.25, 0.3) is 0 Å². The van der Waals surface area contributed by atoms with Crippen molar-refractivity contribution in [3.8, 4) is 5.75 Å². The second-order valence-corrected chi connectivity index (χ2v) is 8.07. The Kier molecular flexibility index (Phi) is 6.35. The molecule has 26 heavy (non-hydrogen) atoms. The van der Waals surface area contributed by atoms with Crippen LogP contribution in [0.2, 0.25) is 0 Å². The maximum Gasteiger partial charge on any atom is 0.349 e. The second kappa shape index (κ2) is 8.30. The summed E-state index contributed by atoms with van der Waals surface area (Å²) in [4.78, 5) is 23.6. The van der Waals surface area contributed by atoms with Crippen LogP contribution in [0.1, 0.15) is 9.67 Å². The first-order valence-corrected chi connectivity index (χ1v) is 9.67. The van der Waals surface area contributed by atoms with Crippen molar-refractivity contribution in [3.05, 3.63) is 40.6 Å². The summed E-state index contributed by atoms with van der Waals surface area (Å²) in [7, 11) is -0.0525. The van der Waals surface area contributed by atoms with Crippen molar-refractivity contribution >= 4 is 38.9 Å². The third-order valence-corrected chi connectivity index (χ3v) is 6.30. The molecule has 2 rings (SSSR count). The number of anilines is 1. The van der Waals surface area contributed by atoms with Gasteiger partial charge in [-0.2, -0.15) is 4.31 Å². The number of methoxy groups -OCH3 is 2. The van der Waals surface area contributed by atoms with E-state index in [-0.39, 0.29) is 9.77 Å². The van der Waals surface area contributed by atoms with Crippen molar-refractivity contribution < 1.29 is 27.5 Å². The van der Waals surface area contributed by atoms with E-state index in [9.17, 15) is 18.0 Å². The molecule has 1 heterocycles. The van der Waals surface area contributed by atoms with Crippen molar-refractivity contribution in [2.24, 2.45) is 0 Å². The van der Waals surface area contributed by atoms with E-state index in [1.165, 1.54) is 32.7 Å². The summed E-state index contributed by atoms with van der Waals surface area (Å²) in [5, 5.41) is 4.08. The molecule has 0 aliphatic rings. The molecule has 1 N–H and O–H groups in total. The maximum atomic E-state index is 12.6. The number of hydrogen-bond donors (Lipinski definition) is 1. The molecule has 0 unspecified atom stereocenters. The quantitative estimate of drug-likeness (QED) is 0.714. The topological polar surface area (TPSA) is 102 Å². The highest BCUT2D eigenvalue weighted by molar-refractivity contribution is 7.89. The van der Waals surface area contributed by atoms with Crippen molar-refractivity contribution in [1.29, 1.82) is 0 Å². The van der Waals surface area contributed by atoms with E-state index in [0.29, 0.717) is 11.4 Å². The molecule has 140 valence electrons. The SMILES string of the molecule is COC(=O)c1sccc1S(=O)(=O)N(C)CC(=O)Nc1ccc(OC)cc1. The molecule has 1 amide bonds. The first-order valence-electron chi connectivity index (χ1n) is 7.35. The minimum absolute atomic E-state index is 0.0325. The molecule has 0 spiro atoms. The first-order chi connectivity index (χ1) is 12.3. The highest BCUT2D eigenvalue weighted by Gasteiger charge is 2.29. The summed E-state index contributed by atoms with van der Waals surface area (Å²) in [6.45, 7) is -0.412. The summed E-state index contributed by atoms with van der Waals surface area (Å²) in [5.74, 6) is -0.624. The molecule has 0 aliphatic carbocycles. The van der Waals surface area contributed by atoms with E-state index in [1.807, 2.05) is 0 Å². The summed E-state index contributed by atoms with van der Waals surface area (Å²) in [6.07, 6.45) is 0. The zero-order chi connectivity index (χ0) is 19.3. The van der Waals surface area contributed by atoms with Crippen molar-refractivity contribution in [3.63, 3.8) is 0 Å². The lowest BCUT2D eigenvalue weighted by atomic mass is 10.3. The number of amides is 1. The number of likely N-dealkylation sites (N-methyl/N-ethyl adjacent to an activating group) is 1. The zero-order valence-electron chi connectivity index (χ0n) is 14.4. The Balaban J connectivity index is 2.10. The number of nitrogens with zero attached hydrogens (tertiary/aromatic N) is 1. The lowest BCUT2D eigenvalue weighted by Crippen LogP contribution is -2.35. The highest BCUT2D eigenvalue weighted by atomic mass is 32.2. The number of hydrogen-bond acceptors (Lipinski definition) is 7. The smallest absolute Gasteiger partial charge is 0.349 e. The average Bonchev–Trinajstić information content (AvgIpc) is 3.12. The maximum absolute atomic E-state index is 12.6. The number of benzene rings is 1. The van der Waals surface area contributed by atoms with E-state index in [1.54, 1.807) is 24.3 Å². The molecular weight excluding hydrogens is 380 g/mol. The summed E-state index contributed by atoms with van der Waals surface area (Å²) >= 11 is 0.959. The van der Waals surface area contributed by atoms with Gasteiger partial charge in [-0.15, -0.1) is 11.3 Å². The Morgan fingerprint density at radius 3 is 2.38 bits per heavy atom. The predicted octanol–water partition coefficient (Wildman–Crippen LogP) is 1.80. The van der Waals surface area contributed by atoms with Gasteiger partial charge in [0.2, 0.25) is 15.9 Å². The monoisotopic (exact) mass is 398 g/mol. The lowest BCUT2D eigenvalue weighted by molar-refractivity contribution is -0.116. The van der Waals surface area contributed by atoms with Gasteiger partial charge in [0, 0.05) is 12.7 Å². The standard InChI is InChI=1S/C16H18N2O6S2/c1-18(10-14(19)17-11-4-6-12(23-2)7-5-11)26(21,22)13-8-9-25-15(13)16(20)24-3/h4-9H,10H2,1-3H3,(H,17,19). The van der Waals surface area contributed by atoms with Gasteiger partial charge in [0.05, 0.1) is 20.8 Å². The van der Waals surface area contributed by atoms with Gasteiger partial charge in [0.25, 0.3) is 0 Å². The number of rotatable bonds is 7. The zero-order valence-corrected chi connectivity index (χ0v) is 16.0. The molecule has 0 saturated heterocycles. The van der Waals surface area contributed by atoms with Gasteiger partial charge in [-0.05, 0) is 35.7 Å². The molecule has 0 bridgehead atoms. The number of carbonyl (C=O) groups is 2. The van der Waals surface area contributed by atoms with Crippen LogP contribution < -0.4 is 10.1 Å². The van der Waals surface area contributed by atoms with Gasteiger partial charge >= 0.3 is 5.97 Å². The van der Waals surface area contributed by atoms with Crippen molar-refractivity contribution in [2.45, 2.75) is 4.90 Å². The van der Waals surface area contributed by atoms with E-state index < -0.39 is 28.4 Å². The molecule has 1 aromatic carbocycles. The molecule has 0 atom stereocenters. The summed E-state index contributed by atoms with van der Waals surface area (Å²) in [5.41, 5.74) is 0.507. The minimum Gasteiger partial charge on any atom is -0.497 e. The number of nitrogens with one attached hydrogen (secondary N) is 1. The van der Waals surface area contributed by atoms with Crippen LogP contribution in [0.4, 0.5) is 5.69 Å². The number of ether oxygens (including phenoxy) is 2. The second-order valence-electron chi connectivity index (χ2n) is 5.14. The molecule has 0 fully saturated rings. The minimum atomic E-state index is -4.02. The number of carbonyl (C=O) groups excluding carboxylic acids is 2. The molecule has 0 aliphatic heterocycles. The lowest BCUT2D eigenvalue weighted by Gasteiger charge is -2.17. The van der Waals surface area contributed by atoms with Gasteiger partial charge in [0.15, 0.2) is 0 Å². The summed E-state index contributed by atoms with van der Waals surface area (Å²) in [6, 6.07) is 7.93.